The second-order valence-corrected chi connectivity index (χ2v) is 15.8. The number of aliphatic hydroxyl groups is 2. The van der Waals surface area contributed by atoms with Gasteiger partial charge >= 0.3 is 13.5 Å². The SMILES string of the molecule is Nc1ncnc2c1ncn2[C@@H]1O[C@@H]2COP(O)(=S)O[C@@H]3[C@H](O)[C@@H](COP(=O)(S)O[C@H]2[C@H]1O)O[C@H]3n1cnc2c(N)ccnc21. The molecule has 0 spiro atoms. The summed E-state index contributed by atoms with van der Waals surface area (Å²) in [6, 6.07) is 1.57. The molecule has 10 atom stereocenters. The summed E-state index contributed by atoms with van der Waals surface area (Å²) in [6.07, 6.45) is -5.00. The first-order valence-electron chi connectivity index (χ1n) is 12.9. The summed E-state index contributed by atoms with van der Waals surface area (Å²) in [4.78, 5) is 31.9. The van der Waals surface area contributed by atoms with Gasteiger partial charge in [0.1, 0.15) is 54.0 Å². The molecule has 3 aliphatic heterocycles. The molecule has 0 amide bonds. The van der Waals surface area contributed by atoms with E-state index >= 15 is 0 Å². The van der Waals surface area contributed by atoms with Gasteiger partial charge in [-0.2, -0.15) is 0 Å². The van der Waals surface area contributed by atoms with Crippen molar-refractivity contribution in [2.24, 2.45) is 0 Å². The summed E-state index contributed by atoms with van der Waals surface area (Å²) < 4.78 is 50.8. The molecule has 0 radical (unpaired) electrons. The molecule has 4 aromatic rings. The number of fused-ring (bicyclic) bond motifs is 5. The van der Waals surface area contributed by atoms with Crippen molar-refractivity contribution in [1.82, 2.24) is 34.1 Å². The second kappa shape index (κ2) is 11.2. The lowest BCUT2D eigenvalue weighted by atomic mass is 10.1. The molecule has 44 heavy (non-hydrogen) atoms. The number of nitrogen functional groups attached to an aromatic ring is 2. The number of aliphatic hydroxyl groups excluding tert-OH is 2. The number of nitrogens with zero attached hydrogens (tertiary/aromatic N) is 7. The monoisotopic (exact) mass is 689 g/mol. The third-order valence-electron chi connectivity index (χ3n) is 7.36. The molecule has 7 N–H and O–H groups in total. The molecule has 2 bridgehead atoms. The summed E-state index contributed by atoms with van der Waals surface area (Å²) in [5.41, 5.74) is 13.4. The molecule has 2 unspecified atom stereocenters. The minimum absolute atomic E-state index is 0.107. The predicted octanol–water partition coefficient (Wildman–Crippen LogP) is 0.0241. The van der Waals surface area contributed by atoms with Gasteiger partial charge in [-0.25, -0.2) is 29.5 Å². The maximum atomic E-state index is 13.4. The Kier molecular flexibility index (Phi) is 7.69. The number of rotatable bonds is 2. The van der Waals surface area contributed by atoms with E-state index < -0.39 is 75.8 Å². The Balaban J connectivity index is 1.20. The van der Waals surface area contributed by atoms with Crippen molar-refractivity contribution in [3.63, 3.8) is 0 Å². The fraction of sp³-hybridized carbons (Fsp3) is 0.476. The van der Waals surface area contributed by atoms with Gasteiger partial charge in [0, 0.05) is 6.20 Å². The minimum atomic E-state index is -4.27. The van der Waals surface area contributed by atoms with Gasteiger partial charge in [0.2, 0.25) is 0 Å². The van der Waals surface area contributed by atoms with Crippen LogP contribution in [-0.2, 0) is 43.9 Å². The molecule has 0 aromatic carbocycles. The van der Waals surface area contributed by atoms with E-state index in [1.165, 1.54) is 34.3 Å². The Labute approximate surface area is 257 Å². The van der Waals surface area contributed by atoms with E-state index in [1.807, 2.05) is 0 Å². The zero-order chi connectivity index (χ0) is 31.0. The van der Waals surface area contributed by atoms with E-state index in [-0.39, 0.29) is 17.0 Å². The molecule has 0 saturated carbocycles. The topological polar surface area (TPSA) is 259 Å². The molecule has 19 nitrogen and oxygen atoms in total. The Morgan fingerprint density at radius 1 is 0.886 bits per heavy atom. The summed E-state index contributed by atoms with van der Waals surface area (Å²) in [5, 5.41) is 22.4. The van der Waals surface area contributed by atoms with Crippen molar-refractivity contribution in [1.29, 1.82) is 0 Å². The van der Waals surface area contributed by atoms with Gasteiger partial charge in [0.15, 0.2) is 29.6 Å². The van der Waals surface area contributed by atoms with Crippen molar-refractivity contribution >= 4 is 71.4 Å². The van der Waals surface area contributed by atoms with Crippen LogP contribution in [0.4, 0.5) is 11.5 Å². The predicted molar refractivity (Wildman–Crippen MR) is 156 cm³/mol. The summed E-state index contributed by atoms with van der Waals surface area (Å²) in [6.45, 7) is -9.44. The molecule has 23 heteroatoms. The number of thiol groups is 1. The number of pyridine rings is 1. The Hall–Kier alpha value is -2.36. The second-order valence-electron chi connectivity index (χ2n) is 10.1. The fourth-order valence-corrected chi connectivity index (χ4v) is 8.21. The molecule has 236 valence electrons. The Morgan fingerprint density at radius 2 is 1.57 bits per heavy atom. The maximum Gasteiger partial charge on any atom is 0.386 e. The highest BCUT2D eigenvalue weighted by molar-refractivity contribution is 8.44. The van der Waals surface area contributed by atoms with Gasteiger partial charge in [-0.15, -0.1) is 0 Å². The van der Waals surface area contributed by atoms with Crippen LogP contribution < -0.4 is 11.5 Å². The van der Waals surface area contributed by atoms with Crippen molar-refractivity contribution in [2.75, 3.05) is 24.7 Å². The molecule has 0 aliphatic carbocycles. The van der Waals surface area contributed by atoms with E-state index in [0.29, 0.717) is 16.9 Å². The third kappa shape index (κ3) is 5.30. The molecule has 3 aliphatic rings. The van der Waals surface area contributed by atoms with Gasteiger partial charge in [0.05, 0.1) is 31.6 Å². The van der Waals surface area contributed by atoms with Crippen LogP contribution in [0.2, 0.25) is 0 Å². The first-order valence-corrected chi connectivity index (χ1v) is 18.2. The van der Waals surface area contributed by atoms with Crippen LogP contribution in [0, 0.1) is 0 Å². The first-order chi connectivity index (χ1) is 20.9. The lowest BCUT2D eigenvalue weighted by molar-refractivity contribution is -0.0594. The van der Waals surface area contributed by atoms with Crippen LogP contribution >= 0.6 is 25.8 Å². The normalized spacial score (nSPS) is 38.3. The number of imidazole rings is 2. The standard InChI is InChI=1S/C21H25N9O10P2S2/c22-8-1-2-24-18-11(8)27-6-30(18)21-16-13(31)9(37-21)3-35-41(33,43)39-15-10(4-36-42(34,44)40-16)38-20(14(15)32)29-7-28-12-17(23)25-5-26-19(12)29/h1-2,5-7,9-10,13-16,20-21,31-32H,3-4H2,(H2,22,24)(H,33,43)(H,34,44)(H2,23,25,26)/t9-,10-,13-,14-,15-,16-,20-,21-,41?,42?/m1/s1. The van der Waals surface area contributed by atoms with Crippen molar-refractivity contribution < 1.29 is 47.2 Å². The summed E-state index contributed by atoms with van der Waals surface area (Å²) >= 11 is 9.36. The highest BCUT2D eigenvalue weighted by Crippen LogP contribution is 2.58. The lowest BCUT2D eigenvalue weighted by Crippen LogP contribution is -2.36. The molecule has 3 fully saturated rings. The quantitative estimate of drug-likeness (QED) is 0.120. The van der Waals surface area contributed by atoms with Gasteiger partial charge in [-0.3, -0.25) is 22.7 Å². The number of ether oxygens (including phenoxy) is 2. The van der Waals surface area contributed by atoms with Crippen LogP contribution in [0.15, 0.2) is 31.2 Å². The Morgan fingerprint density at radius 3 is 2.36 bits per heavy atom. The van der Waals surface area contributed by atoms with Crippen LogP contribution in [-0.4, -0.2) is 99.0 Å². The zero-order valence-electron chi connectivity index (χ0n) is 22.2. The summed E-state index contributed by atoms with van der Waals surface area (Å²) in [7, 11) is 0. The van der Waals surface area contributed by atoms with E-state index in [0.717, 1.165) is 0 Å². The highest BCUT2D eigenvalue weighted by atomic mass is 32.7. The van der Waals surface area contributed by atoms with E-state index in [1.54, 1.807) is 6.07 Å². The fourth-order valence-electron chi connectivity index (χ4n) is 5.31. The molecular formula is C21H25N9O10P2S2. The number of anilines is 2. The number of nitrogens with two attached hydrogens (primary N) is 2. The maximum absolute atomic E-state index is 13.4. The average Bonchev–Trinajstić information content (AvgIpc) is 3.73. The zero-order valence-corrected chi connectivity index (χ0v) is 25.7. The van der Waals surface area contributed by atoms with Crippen molar-refractivity contribution in [3.8, 4) is 0 Å². The number of aromatic nitrogens is 7. The third-order valence-corrected chi connectivity index (χ3v) is 10.5. The first kappa shape index (κ1) is 30.3. The molecule has 7 rings (SSSR count). The van der Waals surface area contributed by atoms with E-state index in [2.05, 4.69) is 37.2 Å². The van der Waals surface area contributed by atoms with Crippen molar-refractivity contribution in [3.05, 3.63) is 31.2 Å². The summed E-state index contributed by atoms with van der Waals surface area (Å²) in [5.74, 6) is 0.107. The molecular weight excluding hydrogens is 664 g/mol. The Bertz CT molecular complexity index is 1830. The van der Waals surface area contributed by atoms with E-state index in [9.17, 15) is 19.7 Å². The minimum Gasteiger partial charge on any atom is -0.397 e. The molecule has 7 heterocycles. The van der Waals surface area contributed by atoms with Gasteiger partial charge in [0.25, 0.3) is 0 Å². The van der Waals surface area contributed by atoms with Crippen LogP contribution in [0.3, 0.4) is 0 Å². The molecule has 3 saturated heterocycles. The van der Waals surface area contributed by atoms with Gasteiger partial charge < -0.3 is 40.6 Å². The largest absolute Gasteiger partial charge is 0.397 e. The lowest BCUT2D eigenvalue weighted by Gasteiger charge is -2.27. The average molecular weight is 690 g/mol. The number of hydrogen-bond donors (Lipinski definition) is 6. The van der Waals surface area contributed by atoms with Crippen LogP contribution in [0.5, 0.6) is 0 Å². The number of hydrogen-bond acceptors (Lipinski definition) is 17. The van der Waals surface area contributed by atoms with Gasteiger partial charge in [-0.1, -0.05) is 12.2 Å². The van der Waals surface area contributed by atoms with Crippen molar-refractivity contribution in [2.45, 2.75) is 49.1 Å². The van der Waals surface area contributed by atoms with Crippen LogP contribution in [0.25, 0.3) is 22.3 Å². The van der Waals surface area contributed by atoms with Crippen LogP contribution in [0.1, 0.15) is 12.5 Å². The van der Waals surface area contributed by atoms with Gasteiger partial charge in [-0.05, 0) is 17.9 Å². The van der Waals surface area contributed by atoms with E-state index in [4.69, 9.17) is 50.8 Å². The molecule has 4 aromatic heterocycles. The highest BCUT2D eigenvalue weighted by Gasteiger charge is 2.53. The smallest absolute Gasteiger partial charge is 0.386 e.